The van der Waals surface area contributed by atoms with Gasteiger partial charge in [0.25, 0.3) is 5.56 Å². The molecule has 148 valence electrons. The van der Waals surface area contributed by atoms with Gasteiger partial charge in [-0.05, 0) is 31.0 Å². The largest absolute Gasteiger partial charge is 0.309 e. The highest BCUT2D eigenvalue weighted by molar-refractivity contribution is 7.98. The monoisotopic (exact) mass is 405 g/mol. The van der Waals surface area contributed by atoms with Gasteiger partial charge < -0.3 is 9.55 Å². The first-order valence-corrected chi connectivity index (χ1v) is 10.6. The molecule has 4 aromatic rings. The highest BCUT2D eigenvalue weighted by Gasteiger charge is 2.16. The lowest BCUT2D eigenvalue weighted by atomic mass is 10.1. The molecule has 6 nitrogen and oxygen atoms in total. The van der Waals surface area contributed by atoms with E-state index in [1.807, 2.05) is 24.3 Å². The van der Waals surface area contributed by atoms with E-state index in [-0.39, 0.29) is 5.56 Å². The lowest BCUT2D eigenvalue weighted by molar-refractivity contribution is 0.498. The van der Waals surface area contributed by atoms with E-state index in [1.54, 1.807) is 6.07 Å². The molecule has 0 bridgehead atoms. The minimum atomic E-state index is -0.115. The number of aromatic nitrogens is 5. The molecule has 2 aromatic carbocycles. The molecule has 0 aliphatic rings. The van der Waals surface area contributed by atoms with E-state index >= 15 is 0 Å². The number of para-hydroxylation sites is 1. The van der Waals surface area contributed by atoms with Gasteiger partial charge in [0.1, 0.15) is 5.82 Å². The van der Waals surface area contributed by atoms with Crippen LogP contribution in [0.4, 0.5) is 0 Å². The fraction of sp³-hybridized carbons (Fsp3) is 0.273. The summed E-state index contributed by atoms with van der Waals surface area (Å²) >= 11 is 1.54. The molecule has 0 radical (unpaired) electrons. The molecule has 2 aromatic heterocycles. The molecule has 0 spiro atoms. The van der Waals surface area contributed by atoms with Gasteiger partial charge in [-0.15, -0.1) is 10.2 Å². The summed E-state index contributed by atoms with van der Waals surface area (Å²) in [6.45, 7) is 7.25. The molecular formula is C22H23N5OS. The molecule has 0 saturated heterocycles. The number of aryl methyl sites for hydroxylation is 1. The van der Waals surface area contributed by atoms with Crippen molar-refractivity contribution in [2.24, 2.45) is 5.92 Å². The lowest BCUT2D eigenvalue weighted by Gasteiger charge is -2.12. The molecule has 7 heteroatoms. The van der Waals surface area contributed by atoms with E-state index in [0.29, 0.717) is 28.4 Å². The molecule has 0 unspecified atom stereocenters. The third-order valence-corrected chi connectivity index (χ3v) is 5.52. The van der Waals surface area contributed by atoms with Crippen molar-refractivity contribution >= 4 is 22.7 Å². The minimum absolute atomic E-state index is 0.115. The van der Waals surface area contributed by atoms with Gasteiger partial charge in [0.15, 0.2) is 11.0 Å². The van der Waals surface area contributed by atoms with Crippen LogP contribution in [-0.2, 0) is 12.3 Å². The quantitative estimate of drug-likeness (QED) is 0.480. The molecule has 29 heavy (non-hydrogen) atoms. The Labute approximate surface area is 173 Å². The topological polar surface area (TPSA) is 76.5 Å². The Balaban J connectivity index is 1.64. The summed E-state index contributed by atoms with van der Waals surface area (Å²) in [5.74, 6) is 2.47. The molecule has 0 amide bonds. The normalized spacial score (nSPS) is 11.4. The van der Waals surface area contributed by atoms with Crippen LogP contribution in [-0.4, -0.2) is 24.7 Å². The van der Waals surface area contributed by atoms with Crippen LogP contribution in [0.25, 0.3) is 22.3 Å². The summed E-state index contributed by atoms with van der Waals surface area (Å²) in [4.78, 5) is 19.8. The maximum atomic E-state index is 12.3. The van der Waals surface area contributed by atoms with Gasteiger partial charge in [-0.25, -0.2) is 4.98 Å². The van der Waals surface area contributed by atoms with Gasteiger partial charge in [-0.2, -0.15) is 0 Å². The number of hydrogen-bond donors (Lipinski definition) is 1. The van der Waals surface area contributed by atoms with Crippen molar-refractivity contribution in [2.75, 3.05) is 0 Å². The fourth-order valence-electron chi connectivity index (χ4n) is 3.26. The van der Waals surface area contributed by atoms with E-state index in [9.17, 15) is 4.79 Å². The van der Waals surface area contributed by atoms with Gasteiger partial charge >= 0.3 is 0 Å². The van der Waals surface area contributed by atoms with Gasteiger partial charge in [-0.3, -0.25) is 4.79 Å². The zero-order valence-corrected chi connectivity index (χ0v) is 17.5. The van der Waals surface area contributed by atoms with Crippen molar-refractivity contribution in [3.63, 3.8) is 0 Å². The number of nitrogens with zero attached hydrogens (tertiary/aromatic N) is 4. The standard InChI is InChI=1S/C22H23N5OS/c1-14(2)12-27-20(16-8-6-7-15(3)11-16)25-26-22(27)29-13-19-23-18-10-5-4-9-17(18)21(28)24-19/h4-11,14H,12-13H2,1-3H3,(H,23,24,28). The second-order valence-corrected chi connectivity index (χ2v) is 8.44. The lowest BCUT2D eigenvalue weighted by Crippen LogP contribution is -2.11. The Morgan fingerprint density at radius 2 is 1.93 bits per heavy atom. The number of H-pyrrole nitrogens is 1. The first-order valence-electron chi connectivity index (χ1n) is 9.62. The van der Waals surface area contributed by atoms with Crippen molar-refractivity contribution in [2.45, 2.75) is 38.2 Å². The Hall–Kier alpha value is -2.93. The molecule has 0 aliphatic heterocycles. The van der Waals surface area contributed by atoms with E-state index in [1.165, 1.54) is 17.3 Å². The summed E-state index contributed by atoms with van der Waals surface area (Å²) < 4.78 is 2.16. The van der Waals surface area contributed by atoms with Gasteiger partial charge in [-0.1, -0.05) is 61.5 Å². The number of fused-ring (bicyclic) bond motifs is 1. The Bertz CT molecular complexity index is 1210. The summed E-state index contributed by atoms with van der Waals surface area (Å²) in [5.41, 5.74) is 2.84. The van der Waals surface area contributed by atoms with E-state index in [2.05, 4.69) is 63.7 Å². The van der Waals surface area contributed by atoms with Crippen molar-refractivity contribution in [1.82, 2.24) is 24.7 Å². The predicted octanol–water partition coefficient (Wildman–Crippen LogP) is 4.44. The number of thioether (sulfide) groups is 1. The highest BCUT2D eigenvalue weighted by Crippen LogP contribution is 2.27. The van der Waals surface area contributed by atoms with E-state index in [0.717, 1.165) is 23.1 Å². The van der Waals surface area contributed by atoms with Crippen molar-refractivity contribution < 1.29 is 0 Å². The zero-order valence-electron chi connectivity index (χ0n) is 16.7. The Morgan fingerprint density at radius 3 is 2.72 bits per heavy atom. The Morgan fingerprint density at radius 1 is 1.10 bits per heavy atom. The second-order valence-electron chi connectivity index (χ2n) is 7.50. The van der Waals surface area contributed by atoms with Gasteiger partial charge in [0.05, 0.1) is 16.7 Å². The van der Waals surface area contributed by atoms with E-state index < -0.39 is 0 Å². The molecule has 0 aliphatic carbocycles. The maximum absolute atomic E-state index is 12.3. The summed E-state index contributed by atoms with van der Waals surface area (Å²) in [6.07, 6.45) is 0. The van der Waals surface area contributed by atoms with E-state index in [4.69, 9.17) is 0 Å². The summed E-state index contributed by atoms with van der Waals surface area (Å²) in [7, 11) is 0. The third kappa shape index (κ3) is 4.24. The first-order chi connectivity index (χ1) is 14.0. The SMILES string of the molecule is Cc1cccc(-c2nnc(SCc3nc4ccccc4c(=O)[nH]3)n2CC(C)C)c1. The molecule has 0 fully saturated rings. The van der Waals surface area contributed by atoms with Crippen LogP contribution in [0.1, 0.15) is 25.2 Å². The van der Waals surface area contributed by atoms with Crippen LogP contribution < -0.4 is 5.56 Å². The minimum Gasteiger partial charge on any atom is -0.309 e. The van der Waals surface area contributed by atoms with Gasteiger partial charge in [0.2, 0.25) is 0 Å². The molecule has 1 N–H and O–H groups in total. The molecular weight excluding hydrogens is 382 g/mol. The zero-order chi connectivity index (χ0) is 20.4. The molecule has 4 rings (SSSR count). The number of aromatic amines is 1. The molecule has 0 atom stereocenters. The highest BCUT2D eigenvalue weighted by atomic mass is 32.2. The second kappa shape index (κ2) is 8.21. The summed E-state index contributed by atoms with van der Waals surface area (Å²) in [6, 6.07) is 15.7. The van der Waals surface area contributed by atoms with Crippen LogP contribution in [0.5, 0.6) is 0 Å². The van der Waals surface area contributed by atoms with Crippen LogP contribution in [0.3, 0.4) is 0 Å². The van der Waals surface area contributed by atoms with Crippen LogP contribution in [0.2, 0.25) is 0 Å². The Kier molecular flexibility index (Phi) is 5.49. The number of rotatable bonds is 6. The fourth-order valence-corrected chi connectivity index (χ4v) is 4.08. The van der Waals surface area contributed by atoms with Crippen LogP contribution >= 0.6 is 11.8 Å². The van der Waals surface area contributed by atoms with Crippen molar-refractivity contribution in [3.05, 3.63) is 70.3 Å². The number of benzene rings is 2. The summed E-state index contributed by atoms with van der Waals surface area (Å²) in [5, 5.41) is 10.3. The third-order valence-electron chi connectivity index (χ3n) is 4.54. The van der Waals surface area contributed by atoms with Crippen LogP contribution in [0.15, 0.2) is 58.5 Å². The number of nitrogens with one attached hydrogen (secondary N) is 1. The first kappa shape index (κ1) is 19.4. The average Bonchev–Trinajstić information content (AvgIpc) is 3.08. The van der Waals surface area contributed by atoms with Crippen molar-refractivity contribution in [3.8, 4) is 11.4 Å². The average molecular weight is 406 g/mol. The molecule has 0 saturated carbocycles. The maximum Gasteiger partial charge on any atom is 0.258 e. The van der Waals surface area contributed by atoms with Gasteiger partial charge in [0, 0.05) is 12.1 Å². The van der Waals surface area contributed by atoms with Crippen LogP contribution in [0, 0.1) is 12.8 Å². The smallest absolute Gasteiger partial charge is 0.258 e. The molecule has 2 heterocycles. The number of hydrogen-bond acceptors (Lipinski definition) is 5. The van der Waals surface area contributed by atoms with Crippen molar-refractivity contribution in [1.29, 1.82) is 0 Å². The predicted molar refractivity (Wildman–Crippen MR) is 117 cm³/mol.